The molecule has 0 radical (unpaired) electrons. The number of piperidine rings is 1. The van der Waals surface area contributed by atoms with Gasteiger partial charge >= 0.3 is 0 Å². The van der Waals surface area contributed by atoms with Crippen molar-refractivity contribution in [3.63, 3.8) is 0 Å². The number of rotatable bonds is 6. The largest absolute Gasteiger partial charge is 0.392 e. The number of unbranched alkanes of at least 4 members (excludes halogenated alkanes) is 2. The Kier molecular flexibility index (Phi) is 6.65. The molecule has 0 aromatic carbocycles. The molecule has 0 spiro atoms. The zero-order valence-electron chi connectivity index (χ0n) is 12.0. The predicted octanol–water partition coefficient (Wildman–Crippen LogP) is 1.38. The molecule has 0 aromatic heterocycles. The highest BCUT2D eigenvalue weighted by Gasteiger charge is 2.29. The first-order valence-electron chi connectivity index (χ1n) is 7.26. The fourth-order valence-corrected chi connectivity index (χ4v) is 2.33. The van der Waals surface area contributed by atoms with E-state index in [-0.39, 0.29) is 18.1 Å². The van der Waals surface area contributed by atoms with Gasteiger partial charge < -0.3 is 10.4 Å². The van der Waals surface area contributed by atoms with Crippen LogP contribution in [0.2, 0.25) is 0 Å². The Labute approximate surface area is 111 Å². The Morgan fingerprint density at radius 1 is 1.50 bits per heavy atom. The van der Waals surface area contributed by atoms with E-state index >= 15 is 0 Å². The lowest BCUT2D eigenvalue weighted by atomic mass is 9.95. The fourth-order valence-electron chi connectivity index (χ4n) is 2.33. The van der Waals surface area contributed by atoms with Crippen LogP contribution in [0.3, 0.4) is 0 Å². The Bertz CT molecular complexity index is 258. The number of carbonyl (C=O) groups excluding carboxylic acids is 1. The Morgan fingerprint density at radius 3 is 2.83 bits per heavy atom. The van der Waals surface area contributed by atoms with Crippen LogP contribution in [0.5, 0.6) is 0 Å². The minimum absolute atomic E-state index is 0.0906. The summed E-state index contributed by atoms with van der Waals surface area (Å²) in [7, 11) is 0. The van der Waals surface area contributed by atoms with E-state index in [1.807, 2.05) is 6.92 Å². The monoisotopic (exact) mass is 256 g/mol. The summed E-state index contributed by atoms with van der Waals surface area (Å²) in [5.74, 6) is 0.439. The molecule has 3 unspecified atom stereocenters. The van der Waals surface area contributed by atoms with Gasteiger partial charge in [-0.1, -0.05) is 26.7 Å². The van der Waals surface area contributed by atoms with Crippen molar-refractivity contribution in [3.05, 3.63) is 0 Å². The van der Waals surface area contributed by atoms with Crippen molar-refractivity contribution in [3.8, 4) is 0 Å². The van der Waals surface area contributed by atoms with Gasteiger partial charge in [-0.05, 0) is 32.2 Å². The summed E-state index contributed by atoms with van der Waals surface area (Å²) in [5, 5.41) is 12.8. The molecule has 1 fully saturated rings. The maximum absolute atomic E-state index is 12.0. The molecule has 18 heavy (non-hydrogen) atoms. The Balaban J connectivity index is 2.30. The zero-order chi connectivity index (χ0) is 13.5. The number of β-amino-alcohol motifs (C(OH)–C–C–N with tert-alkyl or cyclic N) is 1. The summed E-state index contributed by atoms with van der Waals surface area (Å²) in [6, 6.07) is -0.131. The normalized spacial score (nSPS) is 26.9. The Morgan fingerprint density at radius 2 is 2.22 bits per heavy atom. The van der Waals surface area contributed by atoms with E-state index in [0.717, 1.165) is 32.4 Å². The molecule has 1 heterocycles. The third kappa shape index (κ3) is 4.58. The summed E-state index contributed by atoms with van der Waals surface area (Å²) in [4.78, 5) is 14.0. The molecular formula is C14H28N2O2. The first-order chi connectivity index (χ1) is 8.56. The van der Waals surface area contributed by atoms with Gasteiger partial charge in [-0.25, -0.2) is 0 Å². The van der Waals surface area contributed by atoms with E-state index in [0.29, 0.717) is 12.5 Å². The van der Waals surface area contributed by atoms with Gasteiger partial charge in [-0.3, -0.25) is 9.69 Å². The topological polar surface area (TPSA) is 52.6 Å². The second kappa shape index (κ2) is 7.74. The van der Waals surface area contributed by atoms with Crippen molar-refractivity contribution in [1.29, 1.82) is 0 Å². The number of nitrogens with zero attached hydrogens (tertiary/aromatic N) is 1. The van der Waals surface area contributed by atoms with Gasteiger partial charge in [-0.2, -0.15) is 0 Å². The number of nitrogens with one attached hydrogen (secondary N) is 1. The van der Waals surface area contributed by atoms with Gasteiger partial charge in [-0.15, -0.1) is 0 Å². The van der Waals surface area contributed by atoms with Gasteiger partial charge in [0.25, 0.3) is 0 Å². The second-order valence-corrected chi connectivity index (χ2v) is 5.50. The molecule has 0 saturated carbocycles. The van der Waals surface area contributed by atoms with Crippen LogP contribution in [0, 0.1) is 5.92 Å². The van der Waals surface area contributed by atoms with Crippen LogP contribution >= 0.6 is 0 Å². The second-order valence-electron chi connectivity index (χ2n) is 5.50. The molecule has 0 bridgehead atoms. The molecule has 1 rings (SSSR count). The van der Waals surface area contributed by atoms with Crippen molar-refractivity contribution in [2.45, 2.75) is 58.6 Å². The van der Waals surface area contributed by atoms with Crippen molar-refractivity contribution < 1.29 is 9.90 Å². The molecular weight excluding hydrogens is 228 g/mol. The number of hydrogen-bond acceptors (Lipinski definition) is 3. The summed E-state index contributed by atoms with van der Waals surface area (Å²) in [5.41, 5.74) is 0. The fraction of sp³-hybridized carbons (Fsp3) is 0.929. The smallest absolute Gasteiger partial charge is 0.237 e. The summed E-state index contributed by atoms with van der Waals surface area (Å²) >= 11 is 0. The molecule has 1 saturated heterocycles. The van der Waals surface area contributed by atoms with Gasteiger partial charge in [0, 0.05) is 13.1 Å². The number of aliphatic hydroxyl groups is 1. The minimum atomic E-state index is -0.297. The number of aliphatic hydroxyl groups excluding tert-OH is 1. The van der Waals surface area contributed by atoms with Gasteiger partial charge in [0.05, 0.1) is 12.1 Å². The van der Waals surface area contributed by atoms with Crippen molar-refractivity contribution in [2.24, 2.45) is 5.92 Å². The Hall–Kier alpha value is -0.610. The SMILES string of the molecule is CCCCCNC(=O)C(C)N1CCC(C)C(O)C1. The van der Waals surface area contributed by atoms with Crippen LogP contribution in [0.1, 0.15) is 46.5 Å². The molecule has 3 atom stereocenters. The van der Waals surface area contributed by atoms with Crippen molar-refractivity contribution in [1.82, 2.24) is 10.2 Å². The van der Waals surface area contributed by atoms with Crippen molar-refractivity contribution >= 4 is 5.91 Å². The van der Waals surface area contributed by atoms with Crippen LogP contribution < -0.4 is 5.32 Å². The van der Waals surface area contributed by atoms with E-state index < -0.39 is 0 Å². The maximum Gasteiger partial charge on any atom is 0.237 e. The van der Waals surface area contributed by atoms with Gasteiger partial charge in [0.2, 0.25) is 5.91 Å². The lowest BCUT2D eigenvalue weighted by Crippen LogP contribution is -2.52. The average molecular weight is 256 g/mol. The third-order valence-electron chi connectivity index (χ3n) is 3.96. The predicted molar refractivity (Wildman–Crippen MR) is 73.4 cm³/mol. The number of carbonyl (C=O) groups is 1. The molecule has 2 N–H and O–H groups in total. The highest BCUT2D eigenvalue weighted by Crippen LogP contribution is 2.18. The molecule has 4 heteroatoms. The van der Waals surface area contributed by atoms with Crippen molar-refractivity contribution in [2.75, 3.05) is 19.6 Å². The first kappa shape index (κ1) is 15.4. The maximum atomic E-state index is 12.0. The number of amides is 1. The van der Waals surface area contributed by atoms with Crippen LogP contribution in [-0.4, -0.2) is 47.7 Å². The van der Waals surface area contributed by atoms with E-state index in [1.54, 1.807) is 0 Å². The third-order valence-corrected chi connectivity index (χ3v) is 3.96. The minimum Gasteiger partial charge on any atom is -0.392 e. The van der Waals surface area contributed by atoms with Gasteiger partial charge in [0.1, 0.15) is 0 Å². The van der Waals surface area contributed by atoms with E-state index in [1.165, 1.54) is 6.42 Å². The zero-order valence-corrected chi connectivity index (χ0v) is 12.0. The number of likely N-dealkylation sites (tertiary alicyclic amines) is 1. The molecule has 4 nitrogen and oxygen atoms in total. The van der Waals surface area contributed by atoms with Crippen LogP contribution in [0.4, 0.5) is 0 Å². The van der Waals surface area contributed by atoms with E-state index in [4.69, 9.17) is 0 Å². The number of hydrogen-bond donors (Lipinski definition) is 2. The van der Waals surface area contributed by atoms with Crippen LogP contribution in [0.25, 0.3) is 0 Å². The molecule has 0 aliphatic carbocycles. The van der Waals surface area contributed by atoms with Gasteiger partial charge in [0.15, 0.2) is 0 Å². The van der Waals surface area contributed by atoms with Crippen LogP contribution in [-0.2, 0) is 4.79 Å². The average Bonchev–Trinajstić information content (AvgIpc) is 2.37. The summed E-state index contributed by atoms with van der Waals surface area (Å²) < 4.78 is 0. The molecule has 1 aliphatic rings. The standard InChI is InChI=1S/C14H28N2O2/c1-4-5-6-8-15-14(18)12(3)16-9-7-11(2)13(17)10-16/h11-13,17H,4-10H2,1-3H3,(H,15,18). The molecule has 106 valence electrons. The lowest BCUT2D eigenvalue weighted by molar-refractivity contribution is -0.127. The van der Waals surface area contributed by atoms with Crippen LogP contribution in [0.15, 0.2) is 0 Å². The first-order valence-corrected chi connectivity index (χ1v) is 7.26. The van der Waals surface area contributed by atoms with E-state index in [9.17, 15) is 9.90 Å². The summed E-state index contributed by atoms with van der Waals surface area (Å²) in [6.07, 6.45) is 4.05. The molecule has 1 aliphatic heterocycles. The lowest BCUT2D eigenvalue weighted by Gasteiger charge is -2.37. The highest BCUT2D eigenvalue weighted by atomic mass is 16.3. The molecule has 1 amide bonds. The molecule has 0 aromatic rings. The summed E-state index contributed by atoms with van der Waals surface area (Å²) in [6.45, 7) is 8.44. The highest BCUT2D eigenvalue weighted by molar-refractivity contribution is 5.81. The quantitative estimate of drug-likeness (QED) is 0.706. The van der Waals surface area contributed by atoms with E-state index in [2.05, 4.69) is 24.1 Å².